The Labute approximate surface area is 121 Å². The summed E-state index contributed by atoms with van der Waals surface area (Å²) in [6, 6.07) is 4.93. The van der Waals surface area contributed by atoms with E-state index in [-0.39, 0.29) is 22.4 Å². The first kappa shape index (κ1) is 13.1. The number of hydrogen-bond acceptors (Lipinski definition) is 3. The molecule has 0 radical (unpaired) electrons. The Morgan fingerprint density at radius 1 is 1.30 bits per heavy atom. The minimum atomic E-state index is -0.697. The zero-order valence-corrected chi connectivity index (χ0v) is 11.7. The molecule has 0 unspecified atom stereocenters. The fourth-order valence-electron chi connectivity index (χ4n) is 1.94. The van der Waals surface area contributed by atoms with E-state index in [1.54, 1.807) is 11.4 Å². The van der Waals surface area contributed by atoms with E-state index in [0.717, 1.165) is 12.1 Å². The summed E-state index contributed by atoms with van der Waals surface area (Å²) in [5, 5.41) is 2.28. The monoisotopic (exact) mass is 310 g/mol. The van der Waals surface area contributed by atoms with Crippen molar-refractivity contribution in [1.29, 1.82) is 0 Å². The minimum Gasteiger partial charge on any atom is -0.323 e. The predicted molar refractivity (Wildman–Crippen MR) is 76.7 cm³/mol. The minimum absolute atomic E-state index is 0.0356. The predicted octanol–water partition coefficient (Wildman–Crippen LogP) is 3.45. The van der Waals surface area contributed by atoms with Crippen LogP contribution in [0.2, 0.25) is 0 Å². The maximum Gasteiger partial charge on any atom is 0.263 e. The van der Waals surface area contributed by atoms with Gasteiger partial charge < -0.3 is 4.98 Å². The molecule has 0 aliphatic carbocycles. The lowest BCUT2D eigenvalue weighted by molar-refractivity contribution is 0.563. The highest BCUT2D eigenvalue weighted by Gasteiger charge is 2.10. The molecule has 0 amide bonds. The highest BCUT2D eigenvalue weighted by Crippen LogP contribution is 2.15. The largest absolute Gasteiger partial charge is 0.323 e. The Balaban J connectivity index is 2.15. The molecule has 3 rings (SSSR count). The number of nitrogens with zero attached hydrogens (tertiary/aromatic N) is 1. The third-order valence-electron chi connectivity index (χ3n) is 2.95. The van der Waals surface area contributed by atoms with E-state index < -0.39 is 11.6 Å². The van der Waals surface area contributed by atoms with Crippen LogP contribution >= 0.6 is 23.6 Å². The van der Waals surface area contributed by atoms with Crippen molar-refractivity contribution < 1.29 is 8.78 Å². The molecule has 20 heavy (non-hydrogen) atoms. The molecule has 102 valence electrons. The van der Waals surface area contributed by atoms with Crippen LogP contribution in [0.1, 0.15) is 5.56 Å². The number of H-pyrrole nitrogens is 1. The molecule has 0 atom stereocenters. The smallest absolute Gasteiger partial charge is 0.263 e. The van der Waals surface area contributed by atoms with Crippen molar-refractivity contribution in [3.63, 3.8) is 0 Å². The Hall–Kier alpha value is -1.86. The van der Waals surface area contributed by atoms with Crippen molar-refractivity contribution in [2.24, 2.45) is 0 Å². The molecule has 0 fully saturated rings. The van der Waals surface area contributed by atoms with E-state index in [0.29, 0.717) is 10.2 Å². The van der Waals surface area contributed by atoms with Gasteiger partial charge in [0.05, 0.1) is 11.9 Å². The molecule has 2 heterocycles. The van der Waals surface area contributed by atoms with Gasteiger partial charge in [-0.3, -0.25) is 9.36 Å². The highest BCUT2D eigenvalue weighted by molar-refractivity contribution is 7.71. The molecule has 0 aliphatic rings. The number of aromatic nitrogens is 2. The van der Waals surface area contributed by atoms with Crippen LogP contribution in [0.25, 0.3) is 10.2 Å². The van der Waals surface area contributed by atoms with E-state index >= 15 is 0 Å². The number of hydrogen-bond donors (Lipinski definition) is 1. The summed E-state index contributed by atoms with van der Waals surface area (Å²) in [5.41, 5.74) is -0.0729. The Bertz CT molecular complexity index is 911. The third kappa shape index (κ3) is 2.19. The van der Waals surface area contributed by atoms with Crippen molar-refractivity contribution in [3.8, 4) is 0 Å². The molecule has 0 saturated carbocycles. The second-order valence-corrected chi connectivity index (χ2v) is 5.52. The maximum atomic E-state index is 13.7. The summed E-state index contributed by atoms with van der Waals surface area (Å²) < 4.78 is 28.0. The number of nitrogens with one attached hydrogen (secondary N) is 1. The van der Waals surface area contributed by atoms with Gasteiger partial charge in [0.15, 0.2) is 4.77 Å². The fraction of sp³-hybridized carbons (Fsp3) is 0.0769. The number of aromatic amines is 1. The first-order valence-electron chi connectivity index (χ1n) is 5.70. The summed E-state index contributed by atoms with van der Waals surface area (Å²) in [5.74, 6) is -1.35. The summed E-state index contributed by atoms with van der Waals surface area (Å²) in [7, 11) is 0. The van der Waals surface area contributed by atoms with Crippen LogP contribution in [0.5, 0.6) is 0 Å². The van der Waals surface area contributed by atoms with Crippen molar-refractivity contribution in [1.82, 2.24) is 9.55 Å². The molecule has 7 heteroatoms. The molecular formula is C13H8F2N2OS2. The molecule has 3 nitrogen and oxygen atoms in total. The Morgan fingerprint density at radius 3 is 2.85 bits per heavy atom. The Kier molecular flexibility index (Phi) is 3.23. The SMILES string of the molecule is O=c1c2ccsc2[nH]c(=S)n1Cc1ccc(F)cc1F. The van der Waals surface area contributed by atoms with Crippen LogP contribution < -0.4 is 5.56 Å². The lowest BCUT2D eigenvalue weighted by Crippen LogP contribution is -2.22. The normalized spacial score (nSPS) is 11.1. The Morgan fingerprint density at radius 2 is 2.10 bits per heavy atom. The van der Waals surface area contributed by atoms with E-state index in [4.69, 9.17) is 12.2 Å². The van der Waals surface area contributed by atoms with Crippen molar-refractivity contribution >= 4 is 33.8 Å². The van der Waals surface area contributed by atoms with Gasteiger partial charge in [0.2, 0.25) is 0 Å². The average molecular weight is 310 g/mol. The molecule has 0 aliphatic heterocycles. The molecule has 0 saturated heterocycles. The number of thiophene rings is 1. The number of halogens is 2. The lowest BCUT2D eigenvalue weighted by Gasteiger charge is -2.07. The highest BCUT2D eigenvalue weighted by atomic mass is 32.1. The lowest BCUT2D eigenvalue weighted by atomic mass is 10.2. The summed E-state index contributed by atoms with van der Waals surface area (Å²) >= 11 is 6.50. The molecule has 0 spiro atoms. The summed E-state index contributed by atoms with van der Waals surface area (Å²) in [6.45, 7) is -0.0356. The molecule has 1 aromatic carbocycles. The average Bonchev–Trinajstić information content (AvgIpc) is 2.85. The van der Waals surface area contributed by atoms with Crippen molar-refractivity contribution in [3.05, 3.63) is 62.0 Å². The first-order valence-corrected chi connectivity index (χ1v) is 6.99. The van der Waals surface area contributed by atoms with Crippen LogP contribution in [-0.4, -0.2) is 9.55 Å². The van der Waals surface area contributed by atoms with Crippen molar-refractivity contribution in [2.75, 3.05) is 0 Å². The van der Waals surface area contributed by atoms with Gasteiger partial charge in [-0.15, -0.1) is 11.3 Å². The van der Waals surface area contributed by atoms with E-state index in [2.05, 4.69) is 4.98 Å². The number of rotatable bonds is 2. The quantitative estimate of drug-likeness (QED) is 0.736. The molecule has 3 aromatic rings. The second-order valence-electron chi connectivity index (χ2n) is 4.22. The summed E-state index contributed by atoms with van der Waals surface area (Å²) in [4.78, 5) is 15.9. The zero-order valence-electron chi connectivity index (χ0n) is 10.0. The van der Waals surface area contributed by atoms with E-state index in [9.17, 15) is 13.6 Å². The molecule has 0 bridgehead atoms. The fourth-order valence-corrected chi connectivity index (χ4v) is 3.03. The van der Waals surface area contributed by atoms with Gasteiger partial charge in [0, 0.05) is 11.6 Å². The van der Waals surface area contributed by atoms with Crippen LogP contribution in [0.3, 0.4) is 0 Å². The zero-order chi connectivity index (χ0) is 14.3. The van der Waals surface area contributed by atoms with Gasteiger partial charge in [0.25, 0.3) is 5.56 Å². The topological polar surface area (TPSA) is 37.8 Å². The van der Waals surface area contributed by atoms with Crippen molar-refractivity contribution in [2.45, 2.75) is 6.54 Å². The molecular weight excluding hydrogens is 302 g/mol. The first-order chi connectivity index (χ1) is 9.56. The number of fused-ring (bicyclic) bond motifs is 1. The molecule has 1 N–H and O–H groups in total. The van der Waals surface area contributed by atoms with Crippen LogP contribution in [0, 0.1) is 16.4 Å². The van der Waals surface area contributed by atoms with Crippen LogP contribution in [0.4, 0.5) is 8.78 Å². The van der Waals surface area contributed by atoms with Gasteiger partial charge in [0.1, 0.15) is 16.5 Å². The van der Waals surface area contributed by atoms with E-state index in [1.165, 1.54) is 22.0 Å². The second kappa shape index (κ2) is 4.92. The van der Waals surface area contributed by atoms with Gasteiger partial charge in [-0.1, -0.05) is 6.07 Å². The van der Waals surface area contributed by atoms with E-state index in [1.807, 2.05) is 0 Å². The standard InChI is InChI=1S/C13H8F2N2OS2/c14-8-2-1-7(10(15)5-8)6-17-12(18)9-3-4-20-11(9)16-13(17)19/h1-5H,6H2,(H,16,19). The maximum absolute atomic E-state index is 13.7. The number of benzene rings is 1. The molecule has 2 aromatic heterocycles. The van der Waals surface area contributed by atoms with Gasteiger partial charge in [-0.25, -0.2) is 8.78 Å². The third-order valence-corrected chi connectivity index (χ3v) is 4.10. The van der Waals surface area contributed by atoms with Crippen LogP contribution in [-0.2, 0) is 6.54 Å². The summed E-state index contributed by atoms with van der Waals surface area (Å²) in [6.07, 6.45) is 0. The van der Waals surface area contributed by atoms with Gasteiger partial charge >= 0.3 is 0 Å². The van der Waals surface area contributed by atoms with Crippen LogP contribution in [0.15, 0.2) is 34.4 Å². The van der Waals surface area contributed by atoms with Gasteiger partial charge in [-0.2, -0.15) is 0 Å². The van der Waals surface area contributed by atoms with Gasteiger partial charge in [-0.05, 0) is 29.7 Å².